The van der Waals surface area contributed by atoms with Crippen LogP contribution in [0.4, 0.5) is 0 Å². The molecular formula is C25H34IN7O. The van der Waals surface area contributed by atoms with Gasteiger partial charge in [0.25, 0.3) is 0 Å². The average molecular weight is 575 g/mol. The van der Waals surface area contributed by atoms with Crippen molar-refractivity contribution in [3.63, 3.8) is 0 Å². The summed E-state index contributed by atoms with van der Waals surface area (Å²) in [6.07, 6.45) is 0. The molecule has 4 rings (SSSR count). The van der Waals surface area contributed by atoms with E-state index in [1.807, 2.05) is 36.7 Å². The third-order valence-corrected chi connectivity index (χ3v) is 5.92. The number of ether oxygens (including phenoxy) is 1. The molecular weight excluding hydrogens is 541 g/mol. The first-order valence-corrected chi connectivity index (χ1v) is 11.5. The standard InChI is InChI=1S/C25H33N7O.HI/c1-20-29-30-24(31(20)2)18-28-25(26-16-21-8-4-3-5-9-21)27-17-22-10-6-7-11-23(22)19-32-12-14-33-15-13-32;/h3-11H,12-19H2,1-2H3,(H2,26,27,28);1H. The number of hydrogen-bond acceptors (Lipinski definition) is 5. The number of guanidine groups is 1. The van der Waals surface area contributed by atoms with E-state index in [0.717, 1.165) is 50.5 Å². The number of aryl methyl sites for hydroxylation is 1. The van der Waals surface area contributed by atoms with Crippen LogP contribution in [0.5, 0.6) is 0 Å². The summed E-state index contributed by atoms with van der Waals surface area (Å²) in [4.78, 5) is 7.26. The Balaban J connectivity index is 0.00000324. The summed E-state index contributed by atoms with van der Waals surface area (Å²) < 4.78 is 7.48. The number of aromatic nitrogens is 3. The van der Waals surface area contributed by atoms with E-state index in [-0.39, 0.29) is 24.0 Å². The molecule has 1 aliphatic rings. The van der Waals surface area contributed by atoms with Gasteiger partial charge in [0.15, 0.2) is 11.8 Å². The second kappa shape index (κ2) is 13.4. The van der Waals surface area contributed by atoms with Crippen LogP contribution in [0.3, 0.4) is 0 Å². The van der Waals surface area contributed by atoms with Gasteiger partial charge in [-0.15, -0.1) is 34.2 Å². The first-order chi connectivity index (χ1) is 16.2. The number of morpholine rings is 1. The molecule has 3 aromatic rings. The summed E-state index contributed by atoms with van der Waals surface area (Å²) in [5, 5.41) is 15.3. The highest BCUT2D eigenvalue weighted by Gasteiger charge is 2.13. The Bertz CT molecular complexity index is 1050. The number of nitrogens with zero attached hydrogens (tertiary/aromatic N) is 5. The highest BCUT2D eigenvalue weighted by molar-refractivity contribution is 14.0. The number of nitrogens with one attached hydrogen (secondary N) is 2. The fourth-order valence-electron chi connectivity index (χ4n) is 3.76. The molecule has 0 unspecified atom stereocenters. The van der Waals surface area contributed by atoms with Crippen molar-refractivity contribution >= 4 is 29.9 Å². The molecule has 0 bridgehead atoms. The molecule has 0 radical (unpaired) electrons. The minimum absolute atomic E-state index is 0. The van der Waals surface area contributed by atoms with Gasteiger partial charge in [-0.25, -0.2) is 4.99 Å². The Labute approximate surface area is 218 Å². The Morgan fingerprint density at radius 1 is 0.941 bits per heavy atom. The van der Waals surface area contributed by atoms with Crippen LogP contribution in [-0.4, -0.2) is 51.9 Å². The van der Waals surface area contributed by atoms with Crippen LogP contribution in [0, 0.1) is 6.92 Å². The van der Waals surface area contributed by atoms with Gasteiger partial charge in [-0.2, -0.15) is 0 Å². The van der Waals surface area contributed by atoms with Gasteiger partial charge in [-0.3, -0.25) is 4.90 Å². The van der Waals surface area contributed by atoms with Gasteiger partial charge in [-0.1, -0.05) is 54.6 Å². The maximum Gasteiger partial charge on any atom is 0.192 e. The van der Waals surface area contributed by atoms with E-state index >= 15 is 0 Å². The maximum atomic E-state index is 5.49. The zero-order valence-electron chi connectivity index (χ0n) is 19.9. The fourth-order valence-corrected chi connectivity index (χ4v) is 3.76. The molecule has 34 heavy (non-hydrogen) atoms. The zero-order chi connectivity index (χ0) is 22.9. The second-order valence-electron chi connectivity index (χ2n) is 8.24. The van der Waals surface area contributed by atoms with E-state index in [1.54, 1.807) is 0 Å². The Morgan fingerprint density at radius 2 is 1.62 bits per heavy atom. The molecule has 182 valence electrons. The molecule has 1 fully saturated rings. The highest BCUT2D eigenvalue weighted by atomic mass is 127. The predicted molar refractivity (Wildman–Crippen MR) is 145 cm³/mol. The van der Waals surface area contributed by atoms with Crippen molar-refractivity contribution in [1.82, 2.24) is 30.3 Å². The van der Waals surface area contributed by atoms with Crippen LogP contribution in [0.15, 0.2) is 59.6 Å². The SMILES string of the molecule is Cc1nnc(CNC(=NCc2ccccc2)NCc2ccccc2CN2CCOCC2)n1C.I. The first kappa shape index (κ1) is 26.1. The average Bonchev–Trinajstić information content (AvgIpc) is 3.18. The summed E-state index contributed by atoms with van der Waals surface area (Å²) in [6.45, 7) is 8.29. The zero-order valence-corrected chi connectivity index (χ0v) is 22.2. The summed E-state index contributed by atoms with van der Waals surface area (Å²) in [6, 6.07) is 18.9. The third-order valence-electron chi connectivity index (χ3n) is 5.92. The molecule has 2 heterocycles. The molecule has 1 aromatic heterocycles. The lowest BCUT2D eigenvalue weighted by Crippen LogP contribution is -2.38. The summed E-state index contributed by atoms with van der Waals surface area (Å²) in [5.74, 6) is 2.51. The Morgan fingerprint density at radius 3 is 2.32 bits per heavy atom. The highest BCUT2D eigenvalue weighted by Crippen LogP contribution is 2.13. The fraction of sp³-hybridized carbons (Fsp3) is 0.400. The van der Waals surface area contributed by atoms with Crippen LogP contribution >= 0.6 is 24.0 Å². The molecule has 1 saturated heterocycles. The molecule has 2 aromatic carbocycles. The van der Waals surface area contributed by atoms with E-state index in [1.165, 1.54) is 16.7 Å². The minimum atomic E-state index is 0. The molecule has 8 nitrogen and oxygen atoms in total. The van der Waals surface area contributed by atoms with Gasteiger partial charge in [0.2, 0.25) is 0 Å². The summed E-state index contributed by atoms with van der Waals surface area (Å²) in [7, 11) is 1.97. The van der Waals surface area contributed by atoms with Gasteiger partial charge in [0.05, 0.1) is 26.3 Å². The molecule has 1 aliphatic heterocycles. The largest absolute Gasteiger partial charge is 0.379 e. The number of rotatable bonds is 8. The van der Waals surface area contributed by atoms with Crippen LogP contribution in [0.25, 0.3) is 0 Å². The Hall–Kier alpha value is -2.50. The molecule has 0 saturated carbocycles. The van der Waals surface area contributed by atoms with Gasteiger partial charge >= 0.3 is 0 Å². The van der Waals surface area contributed by atoms with Gasteiger partial charge in [0.1, 0.15) is 5.82 Å². The minimum Gasteiger partial charge on any atom is -0.379 e. The van der Waals surface area contributed by atoms with Crippen LogP contribution < -0.4 is 10.6 Å². The number of hydrogen-bond donors (Lipinski definition) is 2. The Kier molecular flexibility index (Phi) is 10.3. The van der Waals surface area contributed by atoms with Gasteiger partial charge in [-0.05, 0) is 23.6 Å². The quantitative estimate of drug-likeness (QED) is 0.244. The summed E-state index contributed by atoms with van der Waals surface area (Å²) in [5.41, 5.74) is 3.77. The second-order valence-corrected chi connectivity index (χ2v) is 8.24. The van der Waals surface area contributed by atoms with Crippen LogP contribution in [-0.2, 0) is 38.0 Å². The predicted octanol–water partition coefficient (Wildman–Crippen LogP) is 3.01. The number of aliphatic imine (C=N–C) groups is 1. The van der Waals surface area contributed by atoms with Crippen molar-refractivity contribution in [3.8, 4) is 0 Å². The van der Waals surface area contributed by atoms with Crippen molar-refractivity contribution in [2.75, 3.05) is 26.3 Å². The smallest absolute Gasteiger partial charge is 0.192 e. The van der Waals surface area contributed by atoms with Crippen LogP contribution in [0.2, 0.25) is 0 Å². The maximum absolute atomic E-state index is 5.49. The van der Waals surface area contributed by atoms with Crippen molar-refractivity contribution in [2.45, 2.75) is 33.1 Å². The lowest BCUT2D eigenvalue weighted by molar-refractivity contribution is 0.0341. The van der Waals surface area contributed by atoms with Crippen LogP contribution in [0.1, 0.15) is 28.3 Å². The normalized spacial score (nSPS) is 14.5. The van der Waals surface area contributed by atoms with E-state index in [4.69, 9.17) is 9.73 Å². The van der Waals surface area contributed by atoms with Crippen molar-refractivity contribution in [2.24, 2.45) is 12.0 Å². The van der Waals surface area contributed by atoms with Gasteiger partial charge in [0, 0.05) is 33.2 Å². The van der Waals surface area contributed by atoms with E-state index in [0.29, 0.717) is 19.6 Å². The van der Waals surface area contributed by atoms with E-state index in [2.05, 4.69) is 62.1 Å². The van der Waals surface area contributed by atoms with E-state index in [9.17, 15) is 0 Å². The molecule has 0 amide bonds. The third kappa shape index (κ3) is 7.51. The molecule has 0 aliphatic carbocycles. The topological polar surface area (TPSA) is 79.6 Å². The van der Waals surface area contributed by atoms with Crippen molar-refractivity contribution in [1.29, 1.82) is 0 Å². The lowest BCUT2D eigenvalue weighted by Gasteiger charge is -2.27. The van der Waals surface area contributed by atoms with Crippen molar-refractivity contribution in [3.05, 3.63) is 82.9 Å². The molecule has 9 heteroatoms. The number of halogens is 1. The summed E-state index contributed by atoms with van der Waals surface area (Å²) >= 11 is 0. The number of benzene rings is 2. The van der Waals surface area contributed by atoms with Crippen molar-refractivity contribution < 1.29 is 4.74 Å². The lowest BCUT2D eigenvalue weighted by atomic mass is 10.1. The molecule has 0 spiro atoms. The monoisotopic (exact) mass is 575 g/mol. The van der Waals surface area contributed by atoms with E-state index < -0.39 is 0 Å². The van der Waals surface area contributed by atoms with Gasteiger partial charge < -0.3 is 19.9 Å². The molecule has 0 atom stereocenters. The molecule has 2 N–H and O–H groups in total. The first-order valence-electron chi connectivity index (χ1n) is 11.5.